The molecule has 0 unspecified atom stereocenters. The van der Waals surface area contributed by atoms with Gasteiger partial charge < -0.3 is 5.73 Å². The van der Waals surface area contributed by atoms with Crippen LogP contribution in [0.2, 0.25) is 0 Å². The van der Waals surface area contributed by atoms with E-state index in [1.54, 1.807) is 6.08 Å². The summed E-state index contributed by atoms with van der Waals surface area (Å²) >= 11 is 1.46. The zero-order valence-electron chi connectivity index (χ0n) is 9.40. The lowest BCUT2D eigenvalue weighted by molar-refractivity contribution is 0.776. The van der Waals surface area contributed by atoms with E-state index in [1.165, 1.54) is 11.8 Å². The normalized spacial score (nSPS) is 10.1. The van der Waals surface area contributed by atoms with Crippen LogP contribution in [0.25, 0.3) is 0 Å². The molecule has 0 aromatic carbocycles. The highest BCUT2D eigenvalue weighted by molar-refractivity contribution is 7.99. The van der Waals surface area contributed by atoms with E-state index < -0.39 is 0 Å². The SMILES string of the molecule is C=CCSc1nc(N)c(C#N)c(C(C)C)n1. The molecule has 0 bridgehead atoms. The van der Waals surface area contributed by atoms with Crippen LogP contribution in [0.5, 0.6) is 0 Å². The third-order valence-electron chi connectivity index (χ3n) is 1.93. The fourth-order valence-electron chi connectivity index (χ4n) is 1.20. The molecule has 1 heterocycles. The standard InChI is InChI=1S/C11H14N4S/c1-4-5-16-11-14-9(7(2)3)8(6-12)10(13)15-11/h4,7H,1,5H2,2-3H3,(H2,13,14,15). The first-order chi connectivity index (χ1) is 7.60. The van der Waals surface area contributed by atoms with Gasteiger partial charge in [-0.25, -0.2) is 9.97 Å². The van der Waals surface area contributed by atoms with E-state index in [9.17, 15) is 0 Å². The van der Waals surface area contributed by atoms with Gasteiger partial charge in [-0.2, -0.15) is 5.26 Å². The molecule has 0 fully saturated rings. The molecule has 4 nitrogen and oxygen atoms in total. The summed E-state index contributed by atoms with van der Waals surface area (Å²) in [4.78, 5) is 8.43. The Labute approximate surface area is 99.6 Å². The minimum atomic E-state index is 0.156. The molecule has 0 saturated heterocycles. The summed E-state index contributed by atoms with van der Waals surface area (Å²) in [5.74, 6) is 1.14. The molecule has 84 valence electrons. The third kappa shape index (κ3) is 2.74. The third-order valence-corrected chi connectivity index (χ3v) is 2.78. The molecule has 0 saturated carbocycles. The van der Waals surface area contributed by atoms with E-state index in [0.29, 0.717) is 16.4 Å². The van der Waals surface area contributed by atoms with Crippen LogP contribution in [0.3, 0.4) is 0 Å². The van der Waals surface area contributed by atoms with Gasteiger partial charge in [0.1, 0.15) is 17.5 Å². The predicted molar refractivity (Wildman–Crippen MR) is 66.2 cm³/mol. The van der Waals surface area contributed by atoms with Crippen LogP contribution < -0.4 is 5.73 Å². The number of hydrogen-bond acceptors (Lipinski definition) is 5. The van der Waals surface area contributed by atoms with Crippen LogP contribution in [0.15, 0.2) is 17.8 Å². The number of rotatable bonds is 4. The van der Waals surface area contributed by atoms with Crippen molar-refractivity contribution in [2.24, 2.45) is 0 Å². The van der Waals surface area contributed by atoms with E-state index in [0.717, 1.165) is 5.75 Å². The van der Waals surface area contributed by atoms with Crippen LogP contribution in [-0.2, 0) is 0 Å². The molecule has 2 N–H and O–H groups in total. The Hall–Kier alpha value is -1.54. The van der Waals surface area contributed by atoms with Crippen molar-refractivity contribution in [2.75, 3.05) is 11.5 Å². The molecule has 0 atom stereocenters. The molecule has 1 aromatic rings. The van der Waals surface area contributed by atoms with Gasteiger partial charge in [0.25, 0.3) is 0 Å². The number of nitrogens with zero attached hydrogens (tertiary/aromatic N) is 3. The number of aromatic nitrogens is 2. The molecule has 1 aromatic heterocycles. The zero-order chi connectivity index (χ0) is 12.1. The van der Waals surface area contributed by atoms with Crippen molar-refractivity contribution in [3.8, 4) is 6.07 Å². The lowest BCUT2D eigenvalue weighted by atomic mass is 10.1. The van der Waals surface area contributed by atoms with Gasteiger partial charge in [0.15, 0.2) is 5.16 Å². The summed E-state index contributed by atoms with van der Waals surface area (Å²) in [5, 5.41) is 9.58. The number of anilines is 1. The second kappa shape index (κ2) is 5.52. The van der Waals surface area contributed by atoms with Gasteiger partial charge in [-0.15, -0.1) is 6.58 Å². The first kappa shape index (κ1) is 12.5. The second-order valence-corrected chi connectivity index (χ2v) is 4.51. The maximum atomic E-state index is 8.98. The van der Waals surface area contributed by atoms with E-state index in [4.69, 9.17) is 11.0 Å². The van der Waals surface area contributed by atoms with E-state index in [-0.39, 0.29) is 11.7 Å². The second-order valence-electron chi connectivity index (χ2n) is 3.52. The fraction of sp³-hybridized carbons (Fsp3) is 0.364. The molecule has 0 aliphatic rings. The number of nitriles is 1. The van der Waals surface area contributed by atoms with E-state index >= 15 is 0 Å². The van der Waals surface area contributed by atoms with Crippen molar-refractivity contribution in [3.63, 3.8) is 0 Å². The number of thioether (sulfide) groups is 1. The molecular formula is C11H14N4S. The van der Waals surface area contributed by atoms with Crippen LogP contribution in [0.4, 0.5) is 5.82 Å². The van der Waals surface area contributed by atoms with Gasteiger partial charge in [0.2, 0.25) is 0 Å². The summed E-state index contributed by atoms with van der Waals surface area (Å²) in [6.45, 7) is 7.58. The smallest absolute Gasteiger partial charge is 0.190 e. The van der Waals surface area contributed by atoms with Crippen molar-refractivity contribution >= 4 is 17.6 Å². The van der Waals surface area contributed by atoms with E-state index in [2.05, 4.69) is 16.5 Å². The molecule has 0 aliphatic heterocycles. The summed E-state index contributed by atoms with van der Waals surface area (Å²) in [7, 11) is 0. The number of nitrogen functional groups attached to an aromatic ring is 1. The van der Waals surface area contributed by atoms with Crippen molar-refractivity contribution < 1.29 is 0 Å². The maximum Gasteiger partial charge on any atom is 0.190 e. The first-order valence-corrected chi connectivity index (χ1v) is 5.89. The predicted octanol–water partition coefficient (Wildman–Crippen LogP) is 2.33. The summed E-state index contributed by atoms with van der Waals surface area (Å²) in [5.41, 5.74) is 6.83. The van der Waals surface area contributed by atoms with Gasteiger partial charge in [0, 0.05) is 5.75 Å². The zero-order valence-corrected chi connectivity index (χ0v) is 10.2. The molecule has 0 amide bonds. The topological polar surface area (TPSA) is 75.6 Å². The molecule has 16 heavy (non-hydrogen) atoms. The maximum absolute atomic E-state index is 8.98. The minimum Gasteiger partial charge on any atom is -0.382 e. The van der Waals surface area contributed by atoms with Crippen molar-refractivity contribution in [1.29, 1.82) is 5.26 Å². The Kier molecular flexibility index (Phi) is 4.32. The van der Waals surface area contributed by atoms with Gasteiger partial charge in [-0.1, -0.05) is 31.7 Å². The van der Waals surface area contributed by atoms with Gasteiger partial charge >= 0.3 is 0 Å². The Bertz CT molecular complexity index is 434. The molecule has 1 rings (SSSR count). The Morgan fingerprint density at radius 3 is 2.75 bits per heavy atom. The minimum absolute atomic E-state index is 0.156. The molecule has 5 heteroatoms. The van der Waals surface area contributed by atoms with Gasteiger partial charge in [-0.3, -0.25) is 0 Å². The highest BCUT2D eigenvalue weighted by Crippen LogP contribution is 2.24. The van der Waals surface area contributed by atoms with Crippen molar-refractivity contribution in [3.05, 3.63) is 23.9 Å². The average Bonchev–Trinajstić information content (AvgIpc) is 2.25. The lowest BCUT2D eigenvalue weighted by Crippen LogP contribution is -2.06. The van der Waals surface area contributed by atoms with Crippen LogP contribution in [0, 0.1) is 11.3 Å². The van der Waals surface area contributed by atoms with Gasteiger partial charge in [-0.05, 0) is 5.92 Å². The Morgan fingerprint density at radius 1 is 1.56 bits per heavy atom. The largest absolute Gasteiger partial charge is 0.382 e. The fourth-order valence-corrected chi connectivity index (χ4v) is 1.80. The summed E-state index contributed by atoms with van der Waals surface area (Å²) < 4.78 is 0. The summed E-state index contributed by atoms with van der Waals surface area (Å²) in [6.07, 6.45) is 1.78. The Balaban J connectivity index is 3.18. The number of nitrogens with two attached hydrogens (primary N) is 1. The van der Waals surface area contributed by atoms with E-state index in [1.807, 2.05) is 19.9 Å². The Morgan fingerprint density at radius 2 is 2.25 bits per heavy atom. The molecule has 0 aliphatic carbocycles. The molecule has 0 spiro atoms. The average molecular weight is 234 g/mol. The highest BCUT2D eigenvalue weighted by Gasteiger charge is 2.14. The van der Waals surface area contributed by atoms with Crippen LogP contribution in [0.1, 0.15) is 31.0 Å². The van der Waals surface area contributed by atoms with Crippen LogP contribution in [-0.4, -0.2) is 15.7 Å². The molecule has 0 radical (unpaired) electrons. The van der Waals surface area contributed by atoms with Crippen LogP contribution >= 0.6 is 11.8 Å². The first-order valence-electron chi connectivity index (χ1n) is 4.91. The quantitative estimate of drug-likeness (QED) is 0.491. The highest BCUT2D eigenvalue weighted by atomic mass is 32.2. The van der Waals surface area contributed by atoms with Crippen molar-refractivity contribution in [1.82, 2.24) is 9.97 Å². The van der Waals surface area contributed by atoms with Gasteiger partial charge in [0.05, 0.1) is 5.69 Å². The molecular weight excluding hydrogens is 220 g/mol. The number of hydrogen-bond donors (Lipinski definition) is 1. The lowest BCUT2D eigenvalue weighted by Gasteiger charge is -2.10. The summed E-state index contributed by atoms with van der Waals surface area (Å²) in [6, 6.07) is 2.05. The van der Waals surface area contributed by atoms with Crippen molar-refractivity contribution in [2.45, 2.75) is 24.9 Å². The monoisotopic (exact) mass is 234 g/mol.